The van der Waals surface area contributed by atoms with E-state index in [9.17, 15) is 15.0 Å². The molecule has 0 bridgehead atoms. The molecule has 0 aromatic heterocycles. The van der Waals surface area contributed by atoms with Gasteiger partial charge in [0, 0.05) is 23.2 Å². The fraction of sp³-hybridized carbons (Fsp3) is 0.364. The van der Waals surface area contributed by atoms with Crippen molar-refractivity contribution in [2.24, 2.45) is 0 Å². The van der Waals surface area contributed by atoms with Gasteiger partial charge in [-0.1, -0.05) is 15.9 Å². The van der Waals surface area contributed by atoms with Gasteiger partial charge in [-0.05, 0) is 18.2 Å². The molecule has 4 N–H and O–H groups in total. The third kappa shape index (κ3) is 2.43. The molecule has 1 aromatic rings. The number of benzene rings is 1. The van der Waals surface area contributed by atoms with Crippen LogP contribution in [0.3, 0.4) is 0 Å². The van der Waals surface area contributed by atoms with Crippen molar-refractivity contribution in [3.05, 3.63) is 28.2 Å². The molecule has 0 radical (unpaired) electrons. The van der Waals surface area contributed by atoms with Crippen molar-refractivity contribution >= 4 is 27.5 Å². The van der Waals surface area contributed by atoms with Crippen molar-refractivity contribution in [3.8, 4) is 0 Å². The third-order valence-electron chi connectivity index (χ3n) is 2.79. The van der Waals surface area contributed by atoms with E-state index < -0.39 is 12.2 Å². The van der Waals surface area contributed by atoms with E-state index in [0.717, 1.165) is 4.47 Å². The van der Waals surface area contributed by atoms with Gasteiger partial charge in [-0.25, -0.2) is 0 Å². The van der Waals surface area contributed by atoms with E-state index in [2.05, 4.69) is 15.9 Å². The number of halogens is 1. The summed E-state index contributed by atoms with van der Waals surface area (Å²) in [5.74, 6) is -0.273. The molecular formula is C11H13BrN2O3. The number of nitrogen functional groups attached to an aromatic ring is 1. The number of rotatable bonds is 1. The lowest BCUT2D eigenvalue weighted by molar-refractivity contribution is 0.0572. The number of anilines is 1. The quantitative estimate of drug-likeness (QED) is 0.647. The minimum absolute atomic E-state index is 0.134. The molecule has 17 heavy (non-hydrogen) atoms. The van der Waals surface area contributed by atoms with Gasteiger partial charge in [-0.2, -0.15) is 0 Å². The summed E-state index contributed by atoms with van der Waals surface area (Å²) in [6.07, 6.45) is -1.76. The molecule has 5 nitrogen and oxygen atoms in total. The zero-order valence-electron chi connectivity index (χ0n) is 9.01. The molecule has 1 aromatic carbocycles. The second-order valence-corrected chi connectivity index (χ2v) is 4.99. The van der Waals surface area contributed by atoms with Gasteiger partial charge in [-0.3, -0.25) is 4.79 Å². The number of carbonyl (C=O) groups is 1. The average molecular weight is 301 g/mol. The number of aliphatic hydroxyl groups is 2. The maximum Gasteiger partial charge on any atom is 0.256 e. The molecule has 92 valence electrons. The van der Waals surface area contributed by atoms with Crippen LogP contribution in [0.25, 0.3) is 0 Å². The molecule has 2 rings (SSSR count). The Balaban J connectivity index is 2.20. The second kappa shape index (κ2) is 4.64. The van der Waals surface area contributed by atoms with Crippen molar-refractivity contribution in [3.63, 3.8) is 0 Å². The van der Waals surface area contributed by atoms with Crippen LogP contribution in [0, 0.1) is 0 Å². The summed E-state index contributed by atoms with van der Waals surface area (Å²) >= 11 is 3.26. The van der Waals surface area contributed by atoms with Gasteiger partial charge in [-0.15, -0.1) is 0 Å². The first-order valence-electron chi connectivity index (χ1n) is 5.19. The number of β-amino-alcohol motifs (C(OH)–C–C–N with tert-alkyl or cyclic N) is 2. The molecule has 0 unspecified atom stereocenters. The normalized spacial score (nSPS) is 24.1. The van der Waals surface area contributed by atoms with Crippen molar-refractivity contribution in [2.45, 2.75) is 12.2 Å². The zero-order valence-corrected chi connectivity index (χ0v) is 10.6. The number of aliphatic hydroxyl groups excluding tert-OH is 2. The van der Waals surface area contributed by atoms with E-state index in [1.807, 2.05) is 0 Å². The molecule has 1 heterocycles. The number of hydrogen-bond donors (Lipinski definition) is 3. The van der Waals surface area contributed by atoms with Crippen LogP contribution >= 0.6 is 15.9 Å². The fourth-order valence-corrected chi connectivity index (χ4v) is 2.21. The Kier molecular flexibility index (Phi) is 3.37. The van der Waals surface area contributed by atoms with Crippen LogP contribution in [0.4, 0.5) is 5.69 Å². The summed E-state index contributed by atoms with van der Waals surface area (Å²) < 4.78 is 0.799. The van der Waals surface area contributed by atoms with E-state index in [1.165, 1.54) is 4.90 Å². The number of carbonyl (C=O) groups excluding carboxylic acids is 1. The summed E-state index contributed by atoms with van der Waals surface area (Å²) in [5.41, 5.74) is 6.52. The number of nitrogens with zero attached hydrogens (tertiary/aromatic N) is 1. The van der Waals surface area contributed by atoms with Crippen molar-refractivity contribution in [1.29, 1.82) is 0 Å². The van der Waals surface area contributed by atoms with E-state index >= 15 is 0 Å². The SMILES string of the molecule is Nc1cc(Br)ccc1C(=O)N1C[C@@H](O)[C@@H](O)C1. The molecule has 0 saturated carbocycles. The first-order chi connectivity index (χ1) is 7.99. The molecule has 1 fully saturated rings. The summed E-state index contributed by atoms with van der Waals surface area (Å²) in [4.78, 5) is 13.5. The Labute approximate surface area is 107 Å². The predicted molar refractivity (Wildman–Crippen MR) is 66.5 cm³/mol. The molecule has 0 spiro atoms. The molecule has 1 saturated heterocycles. The average Bonchev–Trinajstić information content (AvgIpc) is 2.58. The third-order valence-corrected chi connectivity index (χ3v) is 3.28. The second-order valence-electron chi connectivity index (χ2n) is 4.08. The number of amides is 1. The van der Waals surface area contributed by atoms with Crippen LogP contribution < -0.4 is 5.73 Å². The summed E-state index contributed by atoms with van der Waals surface area (Å²) in [6, 6.07) is 5.00. The molecule has 6 heteroatoms. The van der Waals surface area contributed by atoms with Crippen LogP contribution in [-0.2, 0) is 0 Å². The van der Waals surface area contributed by atoms with E-state index in [-0.39, 0.29) is 19.0 Å². The van der Waals surface area contributed by atoms with Crippen molar-refractivity contribution in [2.75, 3.05) is 18.8 Å². The monoisotopic (exact) mass is 300 g/mol. The summed E-state index contributed by atoms with van der Waals surface area (Å²) in [6.45, 7) is 0.269. The smallest absolute Gasteiger partial charge is 0.256 e. The van der Waals surface area contributed by atoms with Gasteiger partial charge in [0.15, 0.2) is 0 Å². The number of nitrogens with two attached hydrogens (primary N) is 1. The molecule has 1 amide bonds. The van der Waals surface area contributed by atoms with Crippen molar-refractivity contribution in [1.82, 2.24) is 4.90 Å². The molecule has 1 aliphatic rings. The van der Waals surface area contributed by atoms with Crippen LogP contribution in [0.2, 0.25) is 0 Å². The lowest BCUT2D eigenvalue weighted by atomic mass is 10.1. The fourth-order valence-electron chi connectivity index (χ4n) is 1.83. The minimum atomic E-state index is -0.879. The number of likely N-dealkylation sites (tertiary alicyclic amines) is 1. The Morgan fingerprint density at radius 3 is 2.47 bits per heavy atom. The molecule has 1 aliphatic heterocycles. The Morgan fingerprint density at radius 2 is 1.94 bits per heavy atom. The van der Waals surface area contributed by atoms with Crippen LogP contribution in [0.5, 0.6) is 0 Å². The Morgan fingerprint density at radius 1 is 1.35 bits per heavy atom. The lowest BCUT2D eigenvalue weighted by Crippen LogP contribution is -2.30. The summed E-state index contributed by atoms with van der Waals surface area (Å²) in [7, 11) is 0. The topological polar surface area (TPSA) is 86.8 Å². The first-order valence-corrected chi connectivity index (χ1v) is 5.99. The Bertz CT molecular complexity index is 442. The summed E-state index contributed by atoms with van der Waals surface area (Å²) in [5, 5.41) is 18.8. The maximum atomic E-state index is 12.1. The Hall–Kier alpha value is -1.11. The largest absolute Gasteiger partial charge is 0.398 e. The highest BCUT2D eigenvalue weighted by molar-refractivity contribution is 9.10. The van der Waals surface area contributed by atoms with E-state index in [0.29, 0.717) is 11.3 Å². The van der Waals surface area contributed by atoms with Crippen LogP contribution in [0.1, 0.15) is 10.4 Å². The predicted octanol–water partition coefficient (Wildman–Crippen LogP) is 0.209. The van der Waals surface area contributed by atoms with Gasteiger partial charge in [0.25, 0.3) is 5.91 Å². The number of hydrogen-bond acceptors (Lipinski definition) is 4. The van der Waals surface area contributed by atoms with Crippen LogP contribution in [-0.4, -0.2) is 46.3 Å². The van der Waals surface area contributed by atoms with E-state index in [1.54, 1.807) is 18.2 Å². The van der Waals surface area contributed by atoms with Crippen molar-refractivity contribution < 1.29 is 15.0 Å². The lowest BCUT2D eigenvalue weighted by Gasteiger charge is -2.16. The highest BCUT2D eigenvalue weighted by Gasteiger charge is 2.33. The highest BCUT2D eigenvalue weighted by atomic mass is 79.9. The highest BCUT2D eigenvalue weighted by Crippen LogP contribution is 2.22. The van der Waals surface area contributed by atoms with Gasteiger partial charge >= 0.3 is 0 Å². The zero-order chi connectivity index (χ0) is 12.6. The van der Waals surface area contributed by atoms with Gasteiger partial charge in [0.05, 0.1) is 17.8 Å². The minimum Gasteiger partial charge on any atom is -0.398 e. The molecule has 0 aliphatic carbocycles. The van der Waals surface area contributed by atoms with Gasteiger partial charge in [0.1, 0.15) is 0 Å². The molecule has 2 atom stereocenters. The van der Waals surface area contributed by atoms with Gasteiger partial charge < -0.3 is 20.8 Å². The first kappa shape index (κ1) is 12.3. The van der Waals surface area contributed by atoms with Gasteiger partial charge in [0.2, 0.25) is 0 Å². The van der Waals surface area contributed by atoms with E-state index in [4.69, 9.17) is 5.73 Å². The van der Waals surface area contributed by atoms with Crippen LogP contribution in [0.15, 0.2) is 22.7 Å². The standard InChI is InChI=1S/C11H13BrN2O3/c12-6-1-2-7(8(13)3-6)11(17)14-4-9(15)10(16)5-14/h1-3,9-10,15-16H,4-5,13H2/t9-,10+. The maximum absolute atomic E-state index is 12.1. The molecular weight excluding hydrogens is 288 g/mol.